The van der Waals surface area contributed by atoms with Crippen molar-refractivity contribution in [1.29, 1.82) is 0 Å². The summed E-state index contributed by atoms with van der Waals surface area (Å²) < 4.78 is 53.4. The lowest BCUT2D eigenvalue weighted by atomic mass is 10.2. The fourth-order valence-corrected chi connectivity index (χ4v) is 7.54. The van der Waals surface area contributed by atoms with Crippen LogP contribution in [0, 0.1) is 12.8 Å². The Labute approximate surface area is 183 Å². The molecule has 31 heavy (non-hydrogen) atoms. The van der Waals surface area contributed by atoms with E-state index in [9.17, 15) is 21.6 Å². The van der Waals surface area contributed by atoms with E-state index >= 15 is 0 Å². The minimum Gasteiger partial charge on any atom is -0.369 e. The molecule has 2 aliphatic heterocycles. The Morgan fingerprint density at radius 3 is 2.13 bits per heavy atom. The molecule has 0 unspecified atom stereocenters. The first-order valence-corrected chi connectivity index (χ1v) is 13.1. The molecule has 1 atom stereocenters. The van der Waals surface area contributed by atoms with Crippen LogP contribution in [0.3, 0.4) is 0 Å². The number of sulfonamides is 2. The van der Waals surface area contributed by atoms with E-state index in [1.807, 2.05) is 30.3 Å². The summed E-state index contributed by atoms with van der Waals surface area (Å²) in [5.41, 5.74) is 1.65. The van der Waals surface area contributed by atoms with Gasteiger partial charge in [-0.1, -0.05) is 25.1 Å². The average molecular weight is 464 g/mol. The van der Waals surface area contributed by atoms with Gasteiger partial charge in [0.2, 0.25) is 26.0 Å². The molecule has 0 aliphatic carbocycles. The molecule has 8 nitrogen and oxygen atoms in total. The van der Waals surface area contributed by atoms with Crippen LogP contribution >= 0.6 is 0 Å². The molecule has 2 aromatic carbocycles. The summed E-state index contributed by atoms with van der Waals surface area (Å²) in [4.78, 5) is 14.6. The van der Waals surface area contributed by atoms with Crippen molar-refractivity contribution in [2.24, 2.45) is 5.92 Å². The first-order valence-electron chi connectivity index (χ1n) is 10.1. The topological polar surface area (TPSA) is 95.1 Å². The number of benzene rings is 2. The number of anilines is 2. The molecule has 10 heteroatoms. The lowest BCUT2D eigenvalue weighted by Crippen LogP contribution is -2.48. The summed E-state index contributed by atoms with van der Waals surface area (Å²) in [7, 11) is -7.48. The lowest BCUT2D eigenvalue weighted by Gasteiger charge is -2.35. The molecule has 0 aromatic heterocycles. The molecular weight excluding hydrogens is 438 g/mol. The van der Waals surface area contributed by atoms with E-state index in [1.165, 1.54) is 22.5 Å². The number of rotatable bonds is 4. The van der Waals surface area contributed by atoms with E-state index in [-0.39, 0.29) is 16.3 Å². The van der Waals surface area contributed by atoms with Crippen LogP contribution in [-0.2, 0) is 24.8 Å². The van der Waals surface area contributed by atoms with Crippen molar-refractivity contribution in [1.82, 2.24) is 4.31 Å². The highest BCUT2D eigenvalue weighted by Crippen LogP contribution is 2.32. The largest absolute Gasteiger partial charge is 0.369 e. The summed E-state index contributed by atoms with van der Waals surface area (Å²) in [6.45, 7) is 5.06. The maximum Gasteiger partial charge on any atom is 0.244 e. The first-order chi connectivity index (χ1) is 14.6. The number of carbonyl (C=O) groups is 1. The van der Waals surface area contributed by atoms with Crippen LogP contribution in [-0.4, -0.2) is 59.0 Å². The van der Waals surface area contributed by atoms with Crippen LogP contribution < -0.4 is 9.21 Å². The maximum absolute atomic E-state index is 13.2. The molecule has 166 valence electrons. The molecule has 2 aliphatic rings. The van der Waals surface area contributed by atoms with E-state index in [0.29, 0.717) is 31.7 Å². The molecule has 2 fully saturated rings. The number of carbonyl (C=O) groups excluding carboxylic acids is 1. The Morgan fingerprint density at radius 2 is 1.58 bits per heavy atom. The molecular formula is C21H25N3O5S2. The standard InChI is InChI=1S/C21H25N3O5S2/c1-16-14-19(24-21(25)17(2)15-30(24,26)27)8-9-20(16)31(28,29)23-12-10-22(11-13-23)18-6-4-3-5-7-18/h3-9,14,17H,10-13,15H2,1-2H3/t17-/m1/s1. The Kier molecular flexibility index (Phi) is 5.57. The van der Waals surface area contributed by atoms with Crippen LogP contribution in [0.2, 0.25) is 0 Å². The third kappa shape index (κ3) is 3.95. The fraction of sp³-hybridized carbons (Fsp3) is 0.381. The quantitative estimate of drug-likeness (QED) is 0.687. The minimum atomic E-state index is -3.74. The SMILES string of the molecule is Cc1cc(N2C(=O)[C@H](C)CS2(=O)=O)ccc1S(=O)(=O)N1CCN(c2ccccc2)CC1. The van der Waals surface area contributed by atoms with Crippen LogP contribution in [0.4, 0.5) is 11.4 Å². The zero-order valence-electron chi connectivity index (χ0n) is 17.4. The molecule has 0 N–H and O–H groups in total. The number of amides is 1. The number of aryl methyl sites for hydroxylation is 1. The van der Waals surface area contributed by atoms with Gasteiger partial charge in [-0.25, -0.2) is 21.1 Å². The first kappa shape index (κ1) is 21.8. The highest BCUT2D eigenvalue weighted by molar-refractivity contribution is 7.94. The molecule has 1 amide bonds. The summed E-state index contributed by atoms with van der Waals surface area (Å²) >= 11 is 0. The van der Waals surface area contributed by atoms with Gasteiger partial charge in [0.1, 0.15) is 0 Å². The van der Waals surface area contributed by atoms with Gasteiger partial charge >= 0.3 is 0 Å². The maximum atomic E-state index is 13.2. The second-order valence-corrected chi connectivity index (χ2v) is 11.7. The molecule has 2 saturated heterocycles. The Hall–Kier alpha value is -2.43. The molecule has 0 radical (unpaired) electrons. The van der Waals surface area contributed by atoms with Crippen molar-refractivity contribution in [3.8, 4) is 0 Å². The highest BCUT2D eigenvalue weighted by Gasteiger charge is 2.42. The summed E-state index contributed by atoms with van der Waals surface area (Å²) in [5, 5.41) is 0. The highest BCUT2D eigenvalue weighted by atomic mass is 32.2. The summed E-state index contributed by atoms with van der Waals surface area (Å²) in [6.07, 6.45) is 0. The third-order valence-corrected chi connectivity index (χ3v) is 9.66. The predicted molar refractivity (Wildman–Crippen MR) is 119 cm³/mol. The smallest absolute Gasteiger partial charge is 0.244 e. The molecule has 0 saturated carbocycles. The van der Waals surface area contributed by atoms with Crippen LogP contribution in [0.25, 0.3) is 0 Å². The van der Waals surface area contributed by atoms with Crippen LogP contribution in [0.5, 0.6) is 0 Å². The van der Waals surface area contributed by atoms with Crippen molar-refractivity contribution >= 4 is 37.3 Å². The van der Waals surface area contributed by atoms with E-state index < -0.39 is 31.9 Å². The van der Waals surface area contributed by atoms with Gasteiger partial charge in [-0.2, -0.15) is 4.31 Å². The zero-order valence-corrected chi connectivity index (χ0v) is 19.1. The van der Waals surface area contributed by atoms with Crippen LogP contribution in [0.15, 0.2) is 53.4 Å². The summed E-state index contributed by atoms with van der Waals surface area (Å²) in [6, 6.07) is 14.1. The normalized spacial score (nSPS) is 22.1. The molecule has 2 aromatic rings. The van der Waals surface area contributed by atoms with Crippen molar-refractivity contribution in [2.45, 2.75) is 18.7 Å². The van der Waals surface area contributed by atoms with Crippen molar-refractivity contribution in [3.63, 3.8) is 0 Å². The average Bonchev–Trinajstić information content (AvgIpc) is 2.95. The van der Waals surface area contributed by atoms with Crippen LogP contribution in [0.1, 0.15) is 12.5 Å². The van der Waals surface area contributed by atoms with Gasteiger partial charge < -0.3 is 4.90 Å². The van der Waals surface area contributed by atoms with Gasteiger partial charge in [0.15, 0.2) is 0 Å². The zero-order chi connectivity index (χ0) is 22.4. The number of hydrogen-bond acceptors (Lipinski definition) is 6. The minimum absolute atomic E-state index is 0.126. The second kappa shape index (κ2) is 7.92. The van der Waals surface area contributed by atoms with Gasteiger partial charge in [0.25, 0.3) is 0 Å². The predicted octanol–water partition coefficient (Wildman–Crippen LogP) is 1.82. The van der Waals surface area contributed by atoms with Crippen molar-refractivity contribution in [3.05, 3.63) is 54.1 Å². The van der Waals surface area contributed by atoms with E-state index in [1.54, 1.807) is 13.8 Å². The molecule has 0 bridgehead atoms. The molecule has 4 rings (SSSR count). The molecule has 0 spiro atoms. The molecule has 2 heterocycles. The monoisotopic (exact) mass is 463 g/mol. The lowest BCUT2D eigenvalue weighted by molar-refractivity contribution is -0.119. The number of para-hydroxylation sites is 1. The Balaban J connectivity index is 1.55. The number of piperazine rings is 1. The van der Waals surface area contributed by atoms with Gasteiger partial charge in [-0.05, 0) is 42.8 Å². The Morgan fingerprint density at radius 1 is 0.935 bits per heavy atom. The van der Waals surface area contributed by atoms with E-state index in [0.717, 1.165) is 9.99 Å². The van der Waals surface area contributed by atoms with Gasteiger partial charge in [-0.15, -0.1) is 0 Å². The second-order valence-electron chi connectivity index (χ2n) is 7.96. The van der Waals surface area contributed by atoms with Crippen molar-refractivity contribution in [2.75, 3.05) is 41.1 Å². The van der Waals surface area contributed by atoms with Gasteiger partial charge in [0, 0.05) is 31.9 Å². The van der Waals surface area contributed by atoms with Gasteiger partial charge in [-0.3, -0.25) is 4.79 Å². The van der Waals surface area contributed by atoms with Gasteiger partial charge in [0.05, 0.1) is 22.3 Å². The Bertz CT molecular complexity index is 1200. The number of hydrogen-bond donors (Lipinski definition) is 0. The summed E-state index contributed by atoms with van der Waals surface area (Å²) in [5.74, 6) is -1.35. The van der Waals surface area contributed by atoms with E-state index in [2.05, 4.69) is 4.90 Å². The fourth-order valence-electron chi connectivity index (χ4n) is 4.10. The third-order valence-electron chi connectivity index (χ3n) is 5.73. The number of nitrogens with zero attached hydrogens (tertiary/aromatic N) is 3. The van der Waals surface area contributed by atoms with E-state index in [4.69, 9.17) is 0 Å². The van der Waals surface area contributed by atoms with Crippen molar-refractivity contribution < 1.29 is 21.6 Å².